The van der Waals surface area contributed by atoms with Crippen LogP contribution in [0, 0.1) is 12.8 Å². The number of carbonyl (C=O) groups excluding carboxylic acids is 2. The fourth-order valence-corrected chi connectivity index (χ4v) is 3.81. The maximum atomic E-state index is 12.6. The van der Waals surface area contributed by atoms with E-state index in [1.54, 1.807) is 12.1 Å². The van der Waals surface area contributed by atoms with E-state index in [1.807, 2.05) is 74.9 Å². The van der Waals surface area contributed by atoms with Crippen LogP contribution in [0.1, 0.15) is 41.6 Å². The lowest BCUT2D eigenvalue weighted by molar-refractivity contribution is -0.113. The minimum atomic E-state index is -0.305. The molecule has 31 heavy (non-hydrogen) atoms. The molecule has 162 valence electrons. The van der Waals surface area contributed by atoms with E-state index in [0.717, 1.165) is 11.3 Å². The molecule has 0 spiro atoms. The van der Waals surface area contributed by atoms with Crippen LogP contribution in [0.15, 0.2) is 59.8 Å². The molecule has 1 heterocycles. The Balaban J connectivity index is 1.66. The van der Waals surface area contributed by atoms with Gasteiger partial charge in [0.25, 0.3) is 5.91 Å². The van der Waals surface area contributed by atoms with Crippen LogP contribution in [0.25, 0.3) is 0 Å². The zero-order chi connectivity index (χ0) is 22.4. The van der Waals surface area contributed by atoms with Crippen molar-refractivity contribution in [1.82, 2.24) is 20.1 Å². The lowest BCUT2D eigenvalue weighted by Crippen LogP contribution is -2.33. The molecule has 0 aliphatic rings. The lowest BCUT2D eigenvalue weighted by atomic mass is 10.0. The Kier molecular flexibility index (Phi) is 7.46. The van der Waals surface area contributed by atoms with Gasteiger partial charge in [0, 0.05) is 18.3 Å². The highest BCUT2D eigenvalue weighted by Gasteiger charge is 2.25. The maximum absolute atomic E-state index is 12.6. The standard InChI is InChI=1S/C23H27N5O2S/c1-15(2)20(25-22(30)17-11-6-5-7-12-17)21-26-27-23(28(21)4)31-14-19(29)24-18-13-9-8-10-16(18)3/h5-13,15,20H,14H2,1-4H3,(H,24,29)(H,25,30)/t20-/m1/s1. The van der Waals surface area contributed by atoms with Crippen LogP contribution in [0.4, 0.5) is 5.69 Å². The number of nitrogens with zero attached hydrogens (tertiary/aromatic N) is 3. The monoisotopic (exact) mass is 437 g/mol. The Labute approximate surface area is 186 Å². The topological polar surface area (TPSA) is 88.9 Å². The average Bonchev–Trinajstić information content (AvgIpc) is 3.12. The molecule has 1 aromatic heterocycles. The van der Waals surface area contributed by atoms with Crippen LogP contribution >= 0.6 is 11.8 Å². The number of rotatable bonds is 8. The number of para-hydroxylation sites is 1. The Morgan fingerprint density at radius 1 is 1.03 bits per heavy atom. The van der Waals surface area contributed by atoms with Gasteiger partial charge in [-0.1, -0.05) is 62.0 Å². The minimum Gasteiger partial charge on any atom is -0.342 e. The van der Waals surface area contributed by atoms with Crippen molar-refractivity contribution in [2.75, 3.05) is 11.1 Å². The third-order valence-electron chi connectivity index (χ3n) is 4.89. The van der Waals surface area contributed by atoms with Crippen LogP contribution in [-0.4, -0.2) is 32.3 Å². The summed E-state index contributed by atoms with van der Waals surface area (Å²) in [5.41, 5.74) is 2.41. The number of carbonyl (C=O) groups is 2. The second kappa shape index (κ2) is 10.3. The summed E-state index contributed by atoms with van der Waals surface area (Å²) in [6.45, 7) is 5.99. The van der Waals surface area contributed by atoms with Gasteiger partial charge in [0.2, 0.25) is 5.91 Å². The normalized spacial score (nSPS) is 11.9. The molecule has 3 aromatic rings. The summed E-state index contributed by atoms with van der Waals surface area (Å²) < 4.78 is 1.83. The number of nitrogens with one attached hydrogen (secondary N) is 2. The number of benzene rings is 2. The highest BCUT2D eigenvalue weighted by atomic mass is 32.2. The predicted octanol–water partition coefficient (Wildman–Crippen LogP) is 3.98. The number of amides is 2. The second-order valence-corrected chi connectivity index (χ2v) is 8.56. The van der Waals surface area contributed by atoms with Gasteiger partial charge >= 0.3 is 0 Å². The van der Waals surface area contributed by atoms with E-state index in [9.17, 15) is 9.59 Å². The van der Waals surface area contributed by atoms with E-state index < -0.39 is 0 Å². The highest BCUT2D eigenvalue weighted by molar-refractivity contribution is 7.99. The molecule has 2 amide bonds. The molecule has 2 aromatic carbocycles. The van der Waals surface area contributed by atoms with Crippen molar-refractivity contribution in [3.63, 3.8) is 0 Å². The van der Waals surface area contributed by atoms with Crippen LogP contribution in [0.5, 0.6) is 0 Å². The largest absolute Gasteiger partial charge is 0.342 e. The molecule has 0 aliphatic carbocycles. The third-order valence-corrected chi connectivity index (χ3v) is 5.91. The fourth-order valence-electron chi connectivity index (χ4n) is 3.10. The molecule has 2 N–H and O–H groups in total. The first-order valence-corrected chi connectivity index (χ1v) is 11.1. The summed E-state index contributed by atoms with van der Waals surface area (Å²) in [5.74, 6) is 0.706. The summed E-state index contributed by atoms with van der Waals surface area (Å²) in [6, 6.07) is 16.4. The molecule has 0 aliphatic heterocycles. The first kappa shape index (κ1) is 22.6. The van der Waals surface area contributed by atoms with Gasteiger partial charge in [0.1, 0.15) is 0 Å². The maximum Gasteiger partial charge on any atom is 0.251 e. The Morgan fingerprint density at radius 2 is 1.71 bits per heavy atom. The molecule has 0 saturated heterocycles. The first-order chi connectivity index (χ1) is 14.9. The molecular weight excluding hydrogens is 410 g/mol. The van der Waals surface area contributed by atoms with E-state index in [4.69, 9.17) is 0 Å². The Morgan fingerprint density at radius 3 is 2.39 bits per heavy atom. The van der Waals surface area contributed by atoms with Crippen LogP contribution in [0.2, 0.25) is 0 Å². The second-order valence-electron chi connectivity index (χ2n) is 7.61. The summed E-state index contributed by atoms with van der Waals surface area (Å²) in [4.78, 5) is 25.0. The lowest BCUT2D eigenvalue weighted by Gasteiger charge is -2.21. The number of aromatic nitrogens is 3. The molecule has 8 heteroatoms. The van der Waals surface area contributed by atoms with Crippen molar-refractivity contribution >= 4 is 29.3 Å². The van der Waals surface area contributed by atoms with Crippen LogP contribution < -0.4 is 10.6 Å². The Bertz CT molecular complexity index is 1050. The number of hydrogen-bond donors (Lipinski definition) is 2. The van der Waals surface area contributed by atoms with E-state index in [-0.39, 0.29) is 29.5 Å². The van der Waals surface area contributed by atoms with Crippen molar-refractivity contribution in [3.05, 3.63) is 71.5 Å². The Hall–Kier alpha value is -3.13. The van der Waals surface area contributed by atoms with Crippen LogP contribution in [0.3, 0.4) is 0 Å². The zero-order valence-electron chi connectivity index (χ0n) is 18.1. The summed E-state index contributed by atoms with van der Waals surface area (Å²) in [5, 5.41) is 15.1. The number of thioether (sulfide) groups is 1. The van der Waals surface area contributed by atoms with Gasteiger partial charge in [-0.2, -0.15) is 0 Å². The average molecular weight is 438 g/mol. The van der Waals surface area contributed by atoms with Crippen molar-refractivity contribution in [2.24, 2.45) is 13.0 Å². The van der Waals surface area contributed by atoms with Gasteiger partial charge in [0.05, 0.1) is 11.8 Å². The zero-order valence-corrected chi connectivity index (χ0v) is 18.9. The number of anilines is 1. The smallest absolute Gasteiger partial charge is 0.251 e. The molecule has 3 rings (SSSR count). The number of hydrogen-bond acceptors (Lipinski definition) is 5. The van der Waals surface area contributed by atoms with Crippen molar-refractivity contribution in [1.29, 1.82) is 0 Å². The number of aryl methyl sites for hydroxylation is 1. The predicted molar refractivity (Wildman–Crippen MR) is 123 cm³/mol. The van der Waals surface area contributed by atoms with Crippen molar-refractivity contribution < 1.29 is 9.59 Å². The molecule has 0 bridgehead atoms. The van der Waals surface area contributed by atoms with E-state index >= 15 is 0 Å². The van der Waals surface area contributed by atoms with Crippen molar-refractivity contribution in [3.8, 4) is 0 Å². The summed E-state index contributed by atoms with van der Waals surface area (Å²) >= 11 is 1.31. The molecular formula is C23H27N5O2S. The summed E-state index contributed by atoms with van der Waals surface area (Å²) in [6.07, 6.45) is 0. The van der Waals surface area contributed by atoms with Gasteiger partial charge in [0.15, 0.2) is 11.0 Å². The van der Waals surface area contributed by atoms with Gasteiger partial charge < -0.3 is 15.2 Å². The fraction of sp³-hybridized carbons (Fsp3) is 0.304. The van der Waals surface area contributed by atoms with Gasteiger partial charge in [-0.25, -0.2) is 0 Å². The highest BCUT2D eigenvalue weighted by Crippen LogP contribution is 2.24. The summed E-state index contributed by atoms with van der Waals surface area (Å²) in [7, 11) is 1.85. The van der Waals surface area contributed by atoms with Crippen molar-refractivity contribution in [2.45, 2.75) is 32.0 Å². The third kappa shape index (κ3) is 5.73. The van der Waals surface area contributed by atoms with Gasteiger partial charge in [-0.05, 0) is 36.6 Å². The molecule has 0 unspecified atom stereocenters. The molecule has 0 saturated carbocycles. The quantitative estimate of drug-likeness (QED) is 0.521. The van der Waals surface area contributed by atoms with Crippen LogP contribution in [-0.2, 0) is 11.8 Å². The minimum absolute atomic E-state index is 0.109. The van der Waals surface area contributed by atoms with E-state index in [0.29, 0.717) is 16.5 Å². The molecule has 1 atom stereocenters. The SMILES string of the molecule is Cc1ccccc1NC(=O)CSc1nnc([C@H](NC(=O)c2ccccc2)C(C)C)n1C. The first-order valence-electron chi connectivity index (χ1n) is 10.1. The molecule has 0 fully saturated rings. The molecule has 0 radical (unpaired) electrons. The van der Waals surface area contributed by atoms with Gasteiger partial charge in [-0.3, -0.25) is 9.59 Å². The van der Waals surface area contributed by atoms with E-state index in [2.05, 4.69) is 20.8 Å². The molecule has 7 nitrogen and oxygen atoms in total. The van der Waals surface area contributed by atoms with E-state index in [1.165, 1.54) is 11.8 Å². The van der Waals surface area contributed by atoms with Gasteiger partial charge in [-0.15, -0.1) is 10.2 Å².